The number of carbonyl (C=O) groups is 3. The van der Waals surface area contributed by atoms with Crippen LogP contribution in [0, 0.1) is 0 Å². The SMILES string of the molecule is CCOC(=O)CCN1C(=O)/C(=C\c2ccc(OCC(=O)N(CC)CC)c(OCC)c2)SC1=S. The van der Waals surface area contributed by atoms with Crippen molar-refractivity contribution < 1.29 is 28.6 Å². The predicted molar refractivity (Wildman–Crippen MR) is 132 cm³/mol. The molecule has 0 unspecified atom stereocenters. The van der Waals surface area contributed by atoms with Gasteiger partial charge in [0, 0.05) is 19.6 Å². The molecule has 1 fully saturated rings. The topological polar surface area (TPSA) is 85.4 Å². The van der Waals surface area contributed by atoms with Gasteiger partial charge in [-0.3, -0.25) is 19.3 Å². The van der Waals surface area contributed by atoms with Crippen molar-refractivity contribution in [2.75, 3.05) is 39.5 Å². The normalized spacial score (nSPS) is 14.5. The molecule has 1 aliphatic heterocycles. The first-order chi connectivity index (χ1) is 15.8. The van der Waals surface area contributed by atoms with Gasteiger partial charge in [-0.1, -0.05) is 30.0 Å². The van der Waals surface area contributed by atoms with Crippen LogP contribution in [-0.2, 0) is 19.1 Å². The third-order valence-corrected chi connectivity index (χ3v) is 6.13. The molecular formula is C23H30N2O6S2. The molecule has 0 aliphatic carbocycles. The summed E-state index contributed by atoms with van der Waals surface area (Å²) in [6.07, 6.45) is 1.80. The number of benzene rings is 1. The molecule has 0 bridgehead atoms. The van der Waals surface area contributed by atoms with Crippen LogP contribution in [0.5, 0.6) is 11.5 Å². The highest BCUT2D eigenvalue weighted by Crippen LogP contribution is 2.35. The van der Waals surface area contributed by atoms with Crippen molar-refractivity contribution in [1.82, 2.24) is 9.80 Å². The Bertz CT molecular complexity index is 914. The van der Waals surface area contributed by atoms with Crippen LogP contribution in [-0.4, -0.2) is 71.4 Å². The number of thioether (sulfide) groups is 1. The molecule has 0 spiro atoms. The van der Waals surface area contributed by atoms with E-state index in [0.29, 0.717) is 47.0 Å². The maximum Gasteiger partial charge on any atom is 0.307 e. The molecular weight excluding hydrogens is 464 g/mol. The third-order valence-electron chi connectivity index (χ3n) is 4.75. The molecule has 8 nitrogen and oxygen atoms in total. The first-order valence-electron chi connectivity index (χ1n) is 10.9. The van der Waals surface area contributed by atoms with Gasteiger partial charge in [0.2, 0.25) is 0 Å². The second-order valence-corrected chi connectivity index (χ2v) is 8.56. The summed E-state index contributed by atoms with van der Waals surface area (Å²) in [7, 11) is 0. The van der Waals surface area contributed by atoms with E-state index in [1.165, 1.54) is 16.7 Å². The van der Waals surface area contributed by atoms with E-state index >= 15 is 0 Å². The standard InChI is InChI=1S/C23H30N2O6S2/c1-5-24(6-2)20(26)15-31-17-10-9-16(13-18(17)29-7-3)14-19-22(28)25(23(32)33-19)12-11-21(27)30-8-4/h9-10,13-14H,5-8,11-12,15H2,1-4H3/b19-14+. The Kier molecular flexibility index (Phi) is 10.7. The molecule has 10 heteroatoms. The molecule has 2 amide bonds. The molecule has 0 saturated carbocycles. The predicted octanol–water partition coefficient (Wildman–Crippen LogP) is 3.49. The Morgan fingerprint density at radius 3 is 2.45 bits per heavy atom. The van der Waals surface area contributed by atoms with Crippen molar-refractivity contribution in [3.05, 3.63) is 28.7 Å². The fourth-order valence-corrected chi connectivity index (χ4v) is 4.40. The van der Waals surface area contributed by atoms with E-state index in [1.807, 2.05) is 20.8 Å². The van der Waals surface area contributed by atoms with Crippen LogP contribution < -0.4 is 9.47 Å². The molecule has 0 radical (unpaired) electrons. The minimum absolute atomic E-state index is 0.0831. The first kappa shape index (κ1) is 26.7. The molecule has 2 rings (SSSR count). The van der Waals surface area contributed by atoms with Gasteiger partial charge >= 0.3 is 5.97 Å². The minimum Gasteiger partial charge on any atom is -0.490 e. The van der Waals surface area contributed by atoms with Gasteiger partial charge in [0.05, 0.1) is 24.5 Å². The van der Waals surface area contributed by atoms with Crippen molar-refractivity contribution in [2.45, 2.75) is 34.1 Å². The van der Waals surface area contributed by atoms with Gasteiger partial charge in [0.15, 0.2) is 18.1 Å². The zero-order valence-corrected chi connectivity index (χ0v) is 21.1. The van der Waals surface area contributed by atoms with Gasteiger partial charge in [-0.05, 0) is 51.5 Å². The van der Waals surface area contributed by atoms with Crippen LogP contribution in [0.15, 0.2) is 23.1 Å². The van der Waals surface area contributed by atoms with E-state index in [1.54, 1.807) is 36.1 Å². The van der Waals surface area contributed by atoms with Crippen LogP contribution in [0.2, 0.25) is 0 Å². The molecule has 1 aromatic carbocycles. The quantitative estimate of drug-likeness (QED) is 0.248. The lowest BCUT2D eigenvalue weighted by atomic mass is 10.2. The van der Waals surface area contributed by atoms with E-state index in [9.17, 15) is 14.4 Å². The molecule has 1 saturated heterocycles. The van der Waals surface area contributed by atoms with Crippen molar-refractivity contribution in [3.8, 4) is 11.5 Å². The van der Waals surface area contributed by atoms with Crippen LogP contribution in [0.4, 0.5) is 0 Å². The van der Waals surface area contributed by atoms with Gasteiger partial charge in [-0.2, -0.15) is 0 Å². The molecule has 1 heterocycles. The lowest BCUT2D eigenvalue weighted by molar-refractivity contribution is -0.143. The monoisotopic (exact) mass is 494 g/mol. The minimum atomic E-state index is -0.369. The Labute approximate surface area is 204 Å². The first-order valence-corrected chi connectivity index (χ1v) is 12.1. The summed E-state index contributed by atoms with van der Waals surface area (Å²) < 4.78 is 16.7. The Balaban J connectivity index is 2.13. The Morgan fingerprint density at radius 2 is 1.82 bits per heavy atom. The van der Waals surface area contributed by atoms with Gasteiger partial charge in [-0.25, -0.2) is 0 Å². The van der Waals surface area contributed by atoms with Crippen molar-refractivity contribution in [1.29, 1.82) is 0 Å². The van der Waals surface area contributed by atoms with Crippen LogP contribution in [0.1, 0.15) is 39.7 Å². The largest absolute Gasteiger partial charge is 0.490 e. The lowest BCUT2D eigenvalue weighted by Gasteiger charge is -2.19. The lowest BCUT2D eigenvalue weighted by Crippen LogP contribution is -2.34. The number of likely N-dealkylation sites (N-methyl/N-ethyl adjacent to an activating group) is 1. The van der Waals surface area contributed by atoms with E-state index in [2.05, 4.69) is 0 Å². The number of hydrogen-bond donors (Lipinski definition) is 0. The van der Waals surface area contributed by atoms with E-state index in [-0.39, 0.29) is 37.4 Å². The molecule has 0 N–H and O–H groups in total. The fraction of sp³-hybridized carbons (Fsp3) is 0.478. The Morgan fingerprint density at radius 1 is 1.09 bits per heavy atom. The maximum atomic E-state index is 12.8. The summed E-state index contributed by atoms with van der Waals surface area (Å²) >= 11 is 6.49. The van der Waals surface area contributed by atoms with Crippen molar-refractivity contribution >= 4 is 52.2 Å². The molecule has 0 aromatic heterocycles. The van der Waals surface area contributed by atoms with Gasteiger partial charge in [-0.15, -0.1) is 0 Å². The number of amides is 2. The summed E-state index contributed by atoms with van der Waals surface area (Å²) in [5.74, 6) is 0.218. The van der Waals surface area contributed by atoms with Gasteiger partial charge in [0.25, 0.3) is 11.8 Å². The number of carbonyl (C=O) groups excluding carboxylic acids is 3. The highest BCUT2D eigenvalue weighted by Gasteiger charge is 2.32. The Hall–Kier alpha value is -2.59. The van der Waals surface area contributed by atoms with Gasteiger partial charge in [0.1, 0.15) is 4.32 Å². The summed E-state index contributed by atoms with van der Waals surface area (Å²) in [4.78, 5) is 40.2. The molecule has 0 atom stereocenters. The van der Waals surface area contributed by atoms with Crippen LogP contribution >= 0.6 is 24.0 Å². The molecule has 180 valence electrons. The van der Waals surface area contributed by atoms with Gasteiger partial charge < -0.3 is 19.1 Å². The highest BCUT2D eigenvalue weighted by molar-refractivity contribution is 8.26. The average molecular weight is 495 g/mol. The summed E-state index contributed by atoms with van der Waals surface area (Å²) in [5, 5.41) is 0. The van der Waals surface area contributed by atoms with Crippen molar-refractivity contribution in [3.63, 3.8) is 0 Å². The van der Waals surface area contributed by atoms with E-state index < -0.39 is 0 Å². The molecule has 33 heavy (non-hydrogen) atoms. The number of rotatable bonds is 12. The van der Waals surface area contributed by atoms with Crippen LogP contribution in [0.3, 0.4) is 0 Å². The van der Waals surface area contributed by atoms with Crippen molar-refractivity contribution in [2.24, 2.45) is 0 Å². The number of ether oxygens (including phenoxy) is 3. The highest BCUT2D eigenvalue weighted by atomic mass is 32.2. The number of esters is 1. The zero-order valence-electron chi connectivity index (χ0n) is 19.4. The second kappa shape index (κ2) is 13.2. The second-order valence-electron chi connectivity index (χ2n) is 6.88. The zero-order chi connectivity index (χ0) is 24.4. The fourth-order valence-electron chi connectivity index (χ4n) is 3.09. The maximum absolute atomic E-state index is 12.8. The summed E-state index contributed by atoms with van der Waals surface area (Å²) in [6.45, 7) is 9.47. The molecule has 1 aromatic rings. The summed E-state index contributed by atoms with van der Waals surface area (Å²) in [5.41, 5.74) is 0.728. The summed E-state index contributed by atoms with van der Waals surface area (Å²) in [6, 6.07) is 5.25. The van der Waals surface area contributed by atoms with Crippen LogP contribution in [0.25, 0.3) is 6.08 Å². The smallest absolute Gasteiger partial charge is 0.307 e. The number of nitrogens with zero attached hydrogens (tertiary/aromatic N) is 2. The van der Waals surface area contributed by atoms with E-state index in [0.717, 1.165) is 5.56 Å². The molecule has 1 aliphatic rings. The van der Waals surface area contributed by atoms with E-state index in [4.69, 9.17) is 26.4 Å². The average Bonchev–Trinajstić information content (AvgIpc) is 3.05. The number of hydrogen-bond acceptors (Lipinski definition) is 8. The third kappa shape index (κ3) is 7.46. The number of thiocarbonyl (C=S) groups is 1.